The standard InChI is InChI=1S/C19H20Cl2N2O3S/c1-13-4-2-3-11-23(13)19(24)14-5-7-15(8-6-14)22-27(25,26)16-9-10-17(20)18(21)12-16/h5-10,12-13,22H,2-4,11H2,1H3. The minimum absolute atomic E-state index is 0.0131. The van der Waals surface area contributed by atoms with E-state index in [1.807, 2.05) is 4.90 Å². The lowest BCUT2D eigenvalue weighted by molar-refractivity contribution is 0.0635. The molecule has 0 radical (unpaired) electrons. The number of anilines is 1. The fourth-order valence-electron chi connectivity index (χ4n) is 3.10. The largest absolute Gasteiger partial charge is 0.336 e. The highest BCUT2D eigenvalue weighted by Crippen LogP contribution is 2.26. The molecular formula is C19H20Cl2N2O3S. The van der Waals surface area contributed by atoms with E-state index in [9.17, 15) is 13.2 Å². The summed E-state index contributed by atoms with van der Waals surface area (Å²) in [6.45, 7) is 2.81. The van der Waals surface area contributed by atoms with E-state index in [1.165, 1.54) is 18.2 Å². The SMILES string of the molecule is CC1CCCCN1C(=O)c1ccc(NS(=O)(=O)c2ccc(Cl)c(Cl)c2)cc1. The molecule has 0 spiro atoms. The number of hydrogen-bond acceptors (Lipinski definition) is 3. The lowest BCUT2D eigenvalue weighted by Gasteiger charge is -2.33. The number of piperidine rings is 1. The Balaban J connectivity index is 1.75. The molecule has 8 heteroatoms. The lowest BCUT2D eigenvalue weighted by atomic mass is 10.0. The molecule has 5 nitrogen and oxygen atoms in total. The van der Waals surface area contributed by atoms with Crippen LogP contribution in [0.25, 0.3) is 0 Å². The molecule has 1 aliphatic rings. The fraction of sp³-hybridized carbons (Fsp3) is 0.316. The van der Waals surface area contributed by atoms with Crippen molar-refractivity contribution in [2.75, 3.05) is 11.3 Å². The number of amides is 1. The first kappa shape index (κ1) is 20.0. The molecule has 1 saturated heterocycles. The topological polar surface area (TPSA) is 66.5 Å². The molecule has 1 unspecified atom stereocenters. The van der Waals surface area contributed by atoms with Gasteiger partial charge in [-0.05, 0) is 68.7 Å². The predicted octanol–water partition coefficient (Wildman–Crippen LogP) is 4.81. The Kier molecular flexibility index (Phi) is 5.99. The fourth-order valence-corrected chi connectivity index (χ4v) is 4.55. The molecule has 1 fully saturated rings. The van der Waals surface area contributed by atoms with Gasteiger partial charge in [0.1, 0.15) is 0 Å². The molecule has 144 valence electrons. The zero-order valence-corrected chi connectivity index (χ0v) is 17.1. The maximum Gasteiger partial charge on any atom is 0.261 e. The molecule has 1 aliphatic heterocycles. The number of sulfonamides is 1. The highest BCUT2D eigenvalue weighted by molar-refractivity contribution is 7.92. The highest BCUT2D eigenvalue weighted by atomic mass is 35.5. The van der Waals surface area contributed by atoms with Crippen molar-refractivity contribution in [2.45, 2.75) is 37.1 Å². The maximum atomic E-state index is 12.7. The second-order valence-electron chi connectivity index (χ2n) is 6.60. The number of hydrogen-bond donors (Lipinski definition) is 1. The van der Waals surface area contributed by atoms with Crippen molar-refractivity contribution in [3.05, 3.63) is 58.1 Å². The van der Waals surface area contributed by atoms with Crippen molar-refractivity contribution in [1.29, 1.82) is 0 Å². The molecule has 2 aromatic rings. The van der Waals surface area contributed by atoms with E-state index in [4.69, 9.17) is 23.2 Å². The Morgan fingerprint density at radius 3 is 2.41 bits per heavy atom. The minimum atomic E-state index is -3.80. The summed E-state index contributed by atoms with van der Waals surface area (Å²) in [7, 11) is -3.80. The molecule has 0 bridgehead atoms. The van der Waals surface area contributed by atoms with Crippen molar-refractivity contribution in [1.82, 2.24) is 4.90 Å². The molecule has 27 heavy (non-hydrogen) atoms. The second-order valence-corrected chi connectivity index (χ2v) is 9.10. The number of carbonyl (C=O) groups is 1. The van der Waals surface area contributed by atoms with Crippen LogP contribution in [0.1, 0.15) is 36.5 Å². The normalized spacial score (nSPS) is 17.6. The van der Waals surface area contributed by atoms with Gasteiger partial charge in [0.15, 0.2) is 0 Å². The van der Waals surface area contributed by atoms with E-state index in [0.29, 0.717) is 11.3 Å². The lowest BCUT2D eigenvalue weighted by Crippen LogP contribution is -2.42. The van der Waals surface area contributed by atoms with E-state index >= 15 is 0 Å². The number of nitrogens with zero attached hydrogens (tertiary/aromatic N) is 1. The first-order valence-electron chi connectivity index (χ1n) is 8.67. The van der Waals surface area contributed by atoms with Crippen molar-refractivity contribution in [3.8, 4) is 0 Å². The number of likely N-dealkylation sites (tertiary alicyclic amines) is 1. The van der Waals surface area contributed by atoms with Crippen molar-refractivity contribution in [3.63, 3.8) is 0 Å². The number of benzene rings is 2. The molecule has 1 atom stereocenters. The third-order valence-electron chi connectivity index (χ3n) is 4.65. The number of carbonyl (C=O) groups excluding carboxylic acids is 1. The summed E-state index contributed by atoms with van der Waals surface area (Å²) >= 11 is 11.7. The summed E-state index contributed by atoms with van der Waals surface area (Å²) in [5.41, 5.74) is 0.908. The summed E-state index contributed by atoms with van der Waals surface area (Å²) in [5.74, 6) is -0.0268. The number of rotatable bonds is 4. The predicted molar refractivity (Wildman–Crippen MR) is 108 cm³/mol. The van der Waals surface area contributed by atoms with Gasteiger partial charge in [-0.2, -0.15) is 0 Å². The Morgan fingerprint density at radius 2 is 1.78 bits per heavy atom. The summed E-state index contributed by atoms with van der Waals surface area (Å²) in [4.78, 5) is 14.5. The molecule has 1 amide bonds. The van der Waals surface area contributed by atoms with Gasteiger partial charge >= 0.3 is 0 Å². The molecule has 1 N–H and O–H groups in total. The van der Waals surface area contributed by atoms with Crippen molar-refractivity contribution >= 4 is 44.8 Å². The number of halogens is 2. The van der Waals surface area contributed by atoms with Gasteiger partial charge in [-0.25, -0.2) is 8.42 Å². The summed E-state index contributed by atoms with van der Waals surface area (Å²) in [6, 6.07) is 10.8. The average molecular weight is 427 g/mol. The third kappa shape index (κ3) is 4.57. The van der Waals surface area contributed by atoms with Crippen molar-refractivity contribution < 1.29 is 13.2 Å². The van der Waals surface area contributed by atoms with Crippen LogP contribution in [0.15, 0.2) is 47.4 Å². The van der Waals surface area contributed by atoms with Crippen LogP contribution in [-0.2, 0) is 10.0 Å². The van der Waals surface area contributed by atoms with Crippen LogP contribution in [-0.4, -0.2) is 31.8 Å². The van der Waals surface area contributed by atoms with Crippen molar-refractivity contribution in [2.24, 2.45) is 0 Å². The second kappa shape index (κ2) is 8.09. The van der Waals surface area contributed by atoms with Crippen LogP contribution in [0.5, 0.6) is 0 Å². The zero-order chi connectivity index (χ0) is 19.6. The van der Waals surface area contributed by atoms with E-state index in [2.05, 4.69) is 11.6 Å². The molecule has 1 heterocycles. The van der Waals surface area contributed by atoms with Crippen LogP contribution in [0.3, 0.4) is 0 Å². The van der Waals surface area contributed by atoms with E-state index in [0.717, 1.165) is 25.8 Å². The summed E-state index contributed by atoms with van der Waals surface area (Å²) < 4.78 is 27.5. The molecule has 0 aliphatic carbocycles. The Hall–Kier alpha value is -1.76. The van der Waals surface area contributed by atoms with Crippen LogP contribution >= 0.6 is 23.2 Å². The van der Waals surface area contributed by atoms with Gasteiger partial charge in [-0.15, -0.1) is 0 Å². The molecule has 0 aromatic heterocycles. The first-order chi connectivity index (χ1) is 12.8. The molecular weight excluding hydrogens is 407 g/mol. The Labute approximate surface area is 169 Å². The van der Waals surface area contributed by atoms with Gasteiger partial charge < -0.3 is 4.90 Å². The molecule has 0 saturated carbocycles. The van der Waals surface area contributed by atoms with E-state index < -0.39 is 10.0 Å². The highest BCUT2D eigenvalue weighted by Gasteiger charge is 2.24. The number of nitrogens with one attached hydrogen (secondary N) is 1. The smallest absolute Gasteiger partial charge is 0.261 e. The quantitative estimate of drug-likeness (QED) is 0.762. The monoisotopic (exact) mass is 426 g/mol. The van der Waals surface area contributed by atoms with Gasteiger partial charge in [0.05, 0.1) is 14.9 Å². The van der Waals surface area contributed by atoms with Crippen LogP contribution in [0.4, 0.5) is 5.69 Å². The van der Waals surface area contributed by atoms with E-state index in [1.54, 1.807) is 24.3 Å². The summed E-state index contributed by atoms with van der Waals surface area (Å²) in [5, 5.41) is 0.446. The Bertz CT molecular complexity index is 946. The average Bonchev–Trinajstić information content (AvgIpc) is 2.64. The molecule has 2 aromatic carbocycles. The van der Waals surface area contributed by atoms with Crippen LogP contribution in [0, 0.1) is 0 Å². The van der Waals surface area contributed by atoms with Gasteiger partial charge in [-0.1, -0.05) is 23.2 Å². The van der Waals surface area contributed by atoms with Gasteiger partial charge in [-0.3, -0.25) is 9.52 Å². The van der Waals surface area contributed by atoms with Crippen LogP contribution in [0.2, 0.25) is 10.0 Å². The zero-order valence-electron chi connectivity index (χ0n) is 14.8. The van der Waals surface area contributed by atoms with Gasteiger partial charge in [0.2, 0.25) is 0 Å². The summed E-state index contributed by atoms with van der Waals surface area (Å²) in [6.07, 6.45) is 3.16. The van der Waals surface area contributed by atoms with Gasteiger partial charge in [0.25, 0.3) is 15.9 Å². The van der Waals surface area contributed by atoms with Gasteiger partial charge in [0, 0.05) is 23.8 Å². The van der Waals surface area contributed by atoms with E-state index in [-0.39, 0.29) is 26.9 Å². The minimum Gasteiger partial charge on any atom is -0.336 e. The van der Waals surface area contributed by atoms with Crippen LogP contribution < -0.4 is 4.72 Å². The third-order valence-corrected chi connectivity index (χ3v) is 6.77. The maximum absolute atomic E-state index is 12.7. The Morgan fingerprint density at radius 1 is 1.07 bits per heavy atom. The first-order valence-corrected chi connectivity index (χ1v) is 10.9. The molecule has 3 rings (SSSR count).